The highest BCUT2D eigenvalue weighted by atomic mass is 35.5. The number of hydrogen-bond donors (Lipinski definition) is 1. The first-order chi connectivity index (χ1) is 16.6. The molecule has 0 radical (unpaired) electrons. The highest BCUT2D eigenvalue weighted by Gasteiger charge is 2.26. The van der Waals surface area contributed by atoms with Gasteiger partial charge < -0.3 is 15.1 Å². The van der Waals surface area contributed by atoms with E-state index in [2.05, 4.69) is 15.3 Å². The summed E-state index contributed by atoms with van der Waals surface area (Å²) in [5.41, 5.74) is 4.27. The topological polar surface area (TPSA) is 78.4 Å². The van der Waals surface area contributed by atoms with Crippen LogP contribution in [0.1, 0.15) is 23.9 Å². The van der Waals surface area contributed by atoms with Crippen LogP contribution in [0.15, 0.2) is 59.8 Å². The minimum atomic E-state index is -0.701. The van der Waals surface area contributed by atoms with Crippen molar-refractivity contribution in [2.75, 3.05) is 30.1 Å². The Labute approximate surface area is 215 Å². The van der Waals surface area contributed by atoms with E-state index in [1.54, 1.807) is 24.0 Å². The second-order valence-electron chi connectivity index (χ2n) is 8.48. The third-order valence-electron chi connectivity index (χ3n) is 5.37. The van der Waals surface area contributed by atoms with E-state index in [9.17, 15) is 9.59 Å². The van der Waals surface area contributed by atoms with Crippen LogP contribution in [0.5, 0.6) is 0 Å². The lowest BCUT2D eigenvalue weighted by atomic mass is 10.1. The first-order valence-corrected chi connectivity index (χ1v) is 12.6. The zero-order valence-corrected chi connectivity index (χ0v) is 22.2. The molecule has 0 aliphatic carbocycles. The van der Waals surface area contributed by atoms with E-state index in [1.807, 2.05) is 75.3 Å². The Hall–Kier alpha value is -3.10. The number of aryl methyl sites for hydroxylation is 2. The fraction of sp³-hybridized carbons (Fsp3) is 0.308. The van der Waals surface area contributed by atoms with Gasteiger partial charge in [0.2, 0.25) is 11.8 Å². The molecule has 184 valence electrons. The Balaban J connectivity index is 1.75. The average molecular weight is 512 g/mol. The largest absolute Gasteiger partial charge is 0.378 e. The quantitative estimate of drug-likeness (QED) is 0.323. The fourth-order valence-electron chi connectivity index (χ4n) is 3.43. The van der Waals surface area contributed by atoms with Gasteiger partial charge in [0.25, 0.3) is 0 Å². The lowest BCUT2D eigenvalue weighted by Gasteiger charge is -2.28. The van der Waals surface area contributed by atoms with Gasteiger partial charge in [-0.3, -0.25) is 9.59 Å². The Morgan fingerprint density at radius 2 is 1.60 bits per heavy atom. The van der Waals surface area contributed by atoms with Crippen molar-refractivity contribution in [3.8, 4) is 0 Å². The number of anilines is 2. The number of carbonyl (C=O) groups excluding carboxylic acids is 2. The molecule has 0 saturated heterocycles. The molecule has 2 aromatic carbocycles. The molecule has 3 aromatic rings. The number of halogens is 1. The molecule has 3 rings (SSSR count). The Morgan fingerprint density at radius 3 is 2.17 bits per heavy atom. The van der Waals surface area contributed by atoms with Gasteiger partial charge in [0.05, 0.1) is 5.75 Å². The minimum absolute atomic E-state index is 0.117. The van der Waals surface area contributed by atoms with Gasteiger partial charge in [-0.05, 0) is 68.8 Å². The summed E-state index contributed by atoms with van der Waals surface area (Å²) in [4.78, 5) is 38.8. The molecule has 2 amide bonds. The number of nitrogens with zero attached hydrogens (tertiary/aromatic N) is 4. The molecule has 0 bridgehead atoms. The summed E-state index contributed by atoms with van der Waals surface area (Å²) in [5.74, 6) is -0.332. The zero-order valence-electron chi connectivity index (χ0n) is 20.6. The van der Waals surface area contributed by atoms with E-state index in [1.165, 1.54) is 11.8 Å². The summed E-state index contributed by atoms with van der Waals surface area (Å²) >= 11 is 7.29. The van der Waals surface area contributed by atoms with Crippen molar-refractivity contribution in [2.45, 2.75) is 38.5 Å². The van der Waals surface area contributed by atoms with Crippen LogP contribution in [0.25, 0.3) is 0 Å². The number of aromatic nitrogens is 2. The molecule has 1 unspecified atom stereocenters. The molecule has 1 N–H and O–H groups in total. The number of thioether (sulfide) groups is 1. The van der Waals surface area contributed by atoms with Crippen molar-refractivity contribution in [1.29, 1.82) is 0 Å². The summed E-state index contributed by atoms with van der Waals surface area (Å²) in [6, 6.07) is 16.0. The molecule has 0 aliphatic rings. The maximum atomic E-state index is 13.3. The zero-order chi connectivity index (χ0) is 25.5. The van der Waals surface area contributed by atoms with Crippen molar-refractivity contribution < 1.29 is 9.59 Å². The number of nitrogens with one attached hydrogen (secondary N) is 1. The van der Waals surface area contributed by atoms with E-state index < -0.39 is 6.04 Å². The summed E-state index contributed by atoms with van der Waals surface area (Å²) in [5, 5.41) is 4.08. The van der Waals surface area contributed by atoms with Crippen molar-refractivity contribution in [2.24, 2.45) is 0 Å². The van der Waals surface area contributed by atoms with Crippen LogP contribution in [0.2, 0.25) is 5.02 Å². The molecule has 0 spiro atoms. The lowest BCUT2D eigenvalue weighted by molar-refractivity contribution is -0.136. The number of benzene rings is 2. The van der Waals surface area contributed by atoms with Gasteiger partial charge in [-0.25, -0.2) is 9.97 Å². The molecule has 35 heavy (non-hydrogen) atoms. The third-order valence-corrected chi connectivity index (χ3v) is 6.46. The minimum Gasteiger partial charge on any atom is -0.378 e. The van der Waals surface area contributed by atoms with E-state index in [0.717, 1.165) is 22.6 Å². The first kappa shape index (κ1) is 26.5. The smallest absolute Gasteiger partial charge is 0.246 e. The van der Waals surface area contributed by atoms with Crippen molar-refractivity contribution >= 4 is 46.6 Å². The van der Waals surface area contributed by atoms with Crippen molar-refractivity contribution in [1.82, 2.24) is 14.9 Å². The fourth-order valence-corrected chi connectivity index (χ4v) is 4.39. The van der Waals surface area contributed by atoms with Gasteiger partial charge in [-0.15, -0.1) is 0 Å². The molecule has 1 aromatic heterocycles. The van der Waals surface area contributed by atoms with Crippen LogP contribution < -0.4 is 10.2 Å². The van der Waals surface area contributed by atoms with Gasteiger partial charge in [-0.1, -0.05) is 35.5 Å². The van der Waals surface area contributed by atoms with Gasteiger partial charge in [-0.2, -0.15) is 0 Å². The Morgan fingerprint density at radius 1 is 1.00 bits per heavy atom. The van der Waals surface area contributed by atoms with E-state index in [-0.39, 0.29) is 24.1 Å². The standard InChI is InChI=1S/C26H30ClN5O2S/c1-17-14-18(2)29-26(28-17)35-16-24(33)32(15-20-6-8-21(27)9-7-20)19(3)25(34)30-22-10-12-23(13-11-22)31(4)5/h6-14,19H,15-16H2,1-5H3,(H,30,34). The SMILES string of the molecule is Cc1cc(C)nc(SCC(=O)N(Cc2ccc(Cl)cc2)C(C)C(=O)Nc2ccc(N(C)C)cc2)n1. The molecule has 1 atom stereocenters. The maximum absolute atomic E-state index is 13.3. The van der Waals surface area contributed by atoms with Crippen molar-refractivity contribution in [3.05, 3.63) is 76.6 Å². The Bertz CT molecular complexity index is 1150. The molecule has 9 heteroatoms. The van der Waals surface area contributed by atoms with Gasteiger partial charge in [0.15, 0.2) is 5.16 Å². The number of hydrogen-bond acceptors (Lipinski definition) is 6. The summed E-state index contributed by atoms with van der Waals surface area (Å²) in [7, 11) is 3.91. The summed E-state index contributed by atoms with van der Waals surface area (Å²) in [6.45, 7) is 5.80. The predicted molar refractivity (Wildman–Crippen MR) is 143 cm³/mol. The molecule has 0 aliphatic heterocycles. The van der Waals surface area contributed by atoms with Gasteiger partial charge in [0, 0.05) is 48.4 Å². The van der Waals surface area contributed by atoms with Crippen LogP contribution in [0.3, 0.4) is 0 Å². The predicted octanol–water partition coefficient (Wildman–Crippen LogP) is 4.96. The van der Waals surface area contributed by atoms with Gasteiger partial charge >= 0.3 is 0 Å². The molecule has 1 heterocycles. The molecular weight excluding hydrogens is 482 g/mol. The average Bonchev–Trinajstić information content (AvgIpc) is 2.81. The number of amides is 2. The number of rotatable bonds is 9. The molecular formula is C26H30ClN5O2S. The van der Waals surface area contributed by atoms with Crippen LogP contribution >= 0.6 is 23.4 Å². The monoisotopic (exact) mass is 511 g/mol. The normalized spacial score (nSPS) is 11.6. The van der Waals surface area contributed by atoms with Gasteiger partial charge in [0.1, 0.15) is 6.04 Å². The molecule has 0 fully saturated rings. The summed E-state index contributed by atoms with van der Waals surface area (Å²) < 4.78 is 0. The van der Waals surface area contributed by atoms with E-state index in [4.69, 9.17) is 11.6 Å². The molecule has 7 nitrogen and oxygen atoms in total. The van der Waals surface area contributed by atoms with Crippen LogP contribution in [-0.2, 0) is 16.1 Å². The molecule has 0 saturated carbocycles. The highest BCUT2D eigenvalue weighted by molar-refractivity contribution is 7.99. The number of carbonyl (C=O) groups is 2. The van der Waals surface area contributed by atoms with Crippen molar-refractivity contribution in [3.63, 3.8) is 0 Å². The maximum Gasteiger partial charge on any atom is 0.246 e. The Kier molecular flexibility index (Phi) is 9.12. The second-order valence-corrected chi connectivity index (χ2v) is 9.86. The lowest BCUT2D eigenvalue weighted by Crippen LogP contribution is -2.46. The van der Waals surface area contributed by atoms with E-state index in [0.29, 0.717) is 15.9 Å². The van der Waals surface area contributed by atoms with E-state index >= 15 is 0 Å². The second kappa shape index (κ2) is 12.0. The first-order valence-electron chi connectivity index (χ1n) is 11.2. The highest BCUT2D eigenvalue weighted by Crippen LogP contribution is 2.20. The van der Waals surface area contributed by atoms with Crippen LogP contribution in [-0.4, -0.2) is 52.6 Å². The third kappa shape index (κ3) is 7.70. The van der Waals surface area contributed by atoms with Crippen LogP contribution in [0, 0.1) is 13.8 Å². The van der Waals surface area contributed by atoms with Crippen LogP contribution in [0.4, 0.5) is 11.4 Å². The summed E-state index contributed by atoms with van der Waals surface area (Å²) in [6.07, 6.45) is 0.